The number of likely N-dealkylation sites (tertiary alicyclic amines) is 1. The fourth-order valence-corrected chi connectivity index (χ4v) is 2.73. The van der Waals surface area contributed by atoms with Crippen molar-refractivity contribution >= 4 is 5.69 Å². The summed E-state index contributed by atoms with van der Waals surface area (Å²) >= 11 is 0. The molecule has 0 aliphatic carbocycles. The van der Waals surface area contributed by atoms with Crippen LogP contribution in [-0.2, 0) is 6.54 Å². The van der Waals surface area contributed by atoms with Gasteiger partial charge in [0.05, 0.1) is 0 Å². The molecule has 1 aromatic rings. The molecule has 1 aliphatic heterocycles. The second-order valence-corrected chi connectivity index (χ2v) is 4.92. The molecule has 3 heteroatoms. The molecule has 1 unspecified atom stereocenters. The molecule has 1 fully saturated rings. The predicted octanol–water partition coefficient (Wildman–Crippen LogP) is 3.17. The van der Waals surface area contributed by atoms with E-state index in [-0.39, 0.29) is 5.82 Å². The molecule has 1 heterocycles. The molecular weight excluding hydrogens is 215 g/mol. The van der Waals surface area contributed by atoms with Gasteiger partial charge < -0.3 is 5.73 Å². The van der Waals surface area contributed by atoms with E-state index in [1.807, 2.05) is 6.07 Å². The van der Waals surface area contributed by atoms with Crippen molar-refractivity contribution in [2.45, 2.75) is 45.2 Å². The zero-order valence-electron chi connectivity index (χ0n) is 10.5. The van der Waals surface area contributed by atoms with Crippen molar-refractivity contribution in [3.8, 4) is 0 Å². The number of benzene rings is 1. The quantitative estimate of drug-likeness (QED) is 0.817. The van der Waals surface area contributed by atoms with Crippen molar-refractivity contribution in [3.05, 3.63) is 29.6 Å². The first-order valence-corrected chi connectivity index (χ1v) is 6.48. The van der Waals surface area contributed by atoms with Crippen LogP contribution in [-0.4, -0.2) is 17.5 Å². The maximum Gasteiger partial charge on any atom is 0.125 e. The molecule has 2 nitrogen and oxygen atoms in total. The third-order valence-electron chi connectivity index (χ3n) is 3.59. The Morgan fingerprint density at radius 2 is 2.18 bits per heavy atom. The minimum absolute atomic E-state index is 0.231. The van der Waals surface area contributed by atoms with Crippen LogP contribution >= 0.6 is 0 Å². The summed E-state index contributed by atoms with van der Waals surface area (Å²) in [5.74, 6) is -0.231. The van der Waals surface area contributed by atoms with Gasteiger partial charge in [0.2, 0.25) is 0 Å². The van der Waals surface area contributed by atoms with Gasteiger partial charge in [-0.1, -0.05) is 13.3 Å². The van der Waals surface area contributed by atoms with Gasteiger partial charge in [0.1, 0.15) is 5.82 Å². The topological polar surface area (TPSA) is 29.3 Å². The number of nitrogens with two attached hydrogens (primary N) is 1. The Kier molecular flexibility index (Phi) is 4.00. The fraction of sp³-hybridized carbons (Fsp3) is 0.571. The number of halogens is 1. The van der Waals surface area contributed by atoms with E-state index in [0.29, 0.717) is 11.7 Å². The van der Waals surface area contributed by atoms with E-state index in [1.54, 1.807) is 6.07 Å². The van der Waals surface area contributed by atoms with Crippen LogP contribution in [0.25, 0.3) is 0 Å². The van der Waals surface area contributed by atoms with E-state index in [1.165, 1.54) is 31.7 Å². The summed E-state index contributed by atoms with van der Waals surface area (Å²) in [4.78, 5) is 2.46. The highest BCUT2D eigenvalue weighted by molar-refractivity contribution is 5.41. The first-order chi connectivity index (χ1) is 8.19. The highest BCUT2D eigenvalue weighted by Crippen LogP contribution is 2.22. The van der Waals surface area contributed by atoms with Gasteiger partial charge in [-0.15, -0.1) is 0 Å². The summed E-state index contributed by atoms with van der Waals surface area (Å²) < 4.78 is 13.3. The Morgan fingerprint density at radius 1 is 1.35 bits per heavy atom. The van der Waals surface area contributed by atoms with Gasteiger partial charge in [-0.3, -0.25) is 4.90 Å². The molecule has 0 radical (unpaired) electrons. The zero-order valence-corrected chi connectivity index (χ0v) is 10.5. The van der Waals surface area contributed by atoms with Gasteiger partial charge in [-0.25, -0.2) is 4.39 Å². The lowest BCUT2D eigenvalue weighted by Gasteiger charge is -2.35. The summed E-state index contributed by atoms with van der Waals surface area (Å²) in [5, 5.41) is 0. The van der Waals surface area contributed by atoms with Crippen molar-refractivity contribution in [2.75, 3.05) is 12.3 Å². The van der Waals surface area contributed by atoms with Gasteiger partial charge in [-0.2, -0.15) is 0 Å². The lowest BCUT2D eigenvalue weighted by atomic mass is 9.99. The van der Waals surface area contributed by atoms with Crippen LogP contribution in [0.5, 0.6) is 0 Å². The Bertz CT molecular complexity index is 358. The van der Waals surface area contributed by atoms with Crippen molar-refractivity contribution in [1.29, 1.82) is 0 Å². The van der Waals surface area contributed by atoms with E-state index < -0.39 is 0 Å². The Balaban J connectivity index is 2.08. The molecule has 1 saturated heterocycles. The van der Waals surface area contributed by atoms with Crippen LogP contribution in [0.3, 0.4) is 0 Å². The number of hydrogen-bond acceptors (Lipinski definition) is 2. The van der Waals surface area contributed by atoms with E-state index in [9.17, 15) is 4.39 Å². The SMILES string of the molecule is CCC1CCCCN1Cc1cc(N)cc(F)c1. The van der Waals surface area contributed by atoms with E-state index in [0.717, 1.165) is 18.7 Å². The van der Waals surface area contributed by atoms with Gasteiger partial charge in [0.15, 0.2) is 0 Å². The van der Waals surface area contributed by atoms with Crippen molar-refractivity contribution in [2.24, 2.45) is 0 Å². The second kappa shape index (κ2) is 5.50. The first kappa shape index (κ1) is 12.4. The normalized spacial score (nSPS) is 21.6. The zero-order chi connectivity index (χ0) is 12.3. The number of nitrogens with zero attached hydrogens (tertiary/aromatic N) is 1. The third kappa shape index (κ3) is 3.19. The molecule has 0 amide bonds. The lowest BCUT2D eigenvalue weighted by molar-refractivity contribution is 0.136. The van der Waals surface area contributed by atoms with Gasteiger partial charge in [0, 0.05) is 18.3 Å². The number of anilines is 1. The van der Waals surface area contributed by atoms with Gasteiger partial charge >= 0.3 is 0 Å². The molecule has 17 heavy (non-hydrogen) atoms. The van der Waals surface area contributed by atoms with Crippen molar-refractivity contribution < 1.29 is 4.39 Å². The first-order valence-electron chi connectivity index (χ1n) is 6.48. The summed E-state index contributed by atoms with van der Waals surface area (Å²) in [6, 6.07) is 5.49. The summed E-state index contributed by atoms with van der Waals surface area (Å²) in [7, 11) is 0. The number of nitrogen functional groups attached to an aromatic ring is 1. The molecule has 1 atom stereocenters. The van der Waals surface area contributed by atoms with Crippen LogP contribution < -0.4 is 5.73 Å². The summed E-state index contributed by atoms with van der Waals surface area (Å²) in [6.45, 7) is 4.16. The molecule has 0 aromatic heterocycles. The van der Waals surface area contributed by atoms with Crippen LogP contribution in [0.2, 0.25) is 0 Å². The Morgan fingerprint density at radius 3 is 2.88 bits per heavy atom. The average Bonchev–Trinajstić information content (AvgIpc) is 2.28. The van der Waals surface area contributed by atoms with Crippen LogP contribution in [0, 0.1) is 5.82 Å². The molecule has 0 spiro atoms. The number of piperidine rings is 1. The monoisotopic (exact) mass is 236 g/mol. The highest BCUT2D eigenvalue weighted by Gasteiger charge is 2.20. The van der Waals surface area contributed by atoms with E-state index in [4.69, 9.17) is 5.73 Å². The van der Waals surface area contributed by atoms with Gasteiger partial charge in [0.25, 0.3) is 0 Å². The standard InChI is InChI=1S/C14H21FN2/c1-2-14-5-3-4-6-17(14)10-11-7-12(15)9-13(16)8-11/h7-9,14H,2-6,10,16H2,1H3. The minimum Gasteiger partial charge on any atom is -0.399 e. The molecular formula is C14H21FN2. The molecule has 1 aliphatic rings. The number of hydrogen-bond donors (Lipinski definition) is 1. The molecule has 1 aromatic carbocycles. The van der Waals surface area contributed by atoms with Crippen LogP contribution in [0.1, 0.15) is 38.2 Å². The van der Waals surface area contributed by atoms with Crippen LogP contribution in [0.15, 0.2) is 18.2 Å². The molecule has 94 valence electrons. The lowest BCUT2D eigenvalue weighted by Crippen LogP contribution is -2.38. The molecule has 0 saturated carbocycles. The molecule has 0 bridgehead atoms. The van der Waals surface area contributed by atoms with Crippen molar-refractivity contribution in [3.63, 3.8) is 0 Å². The highest BCUT2D eigenvalue weighted by atomic mass is 19.1. The second-order valence-electron chi connectivity index (χ2n) is 4.92. The summed E-state index contributed by atoms with van der Waals surface area (Å²) in [5.41, 5.74) is 7.18. The third-order valence-corrected chi connectivity index (χ3v) is 3.59. The Hall–Kier alpha value is -1.09. The fourth-order valence-electron chi connectivity index (χ4n) is 2.73. The van der Waals surface area contributed by atoms with E-state index in [2.05, 4.69) is 11.8 Å². The average molecular weight is 236 g/mol. The van der Waals surface area contributed by atoms with Gasteiger partial charge in [-0.05, 0) is 49.6 Å². The van der Waals surface area contributed by atoms with Crippen LogP contribution in [0.4, 0.5) is 10.1 Å². The smallest absolute Gasteiger partial charge is 0.125 e. The maximum absolute atomic E-state index is 13.3. The summed E-state index contributed by atoms with van der Waals surface area (Å²) in [6.07, 6.45) is 5.01. The maximum atomic E-state index is 13.3. The molecule has 2 N–H and O–H groups in total. The predicted molar refractivity (Wildman–Crippen MR) is 69.2 cm³/mol. The Labute approximate surface area is 103 Å². The van der Waals surface area contributed by atoms with Crippen molar-refractivity contribution in [1.82, 2.24) is 4.90 Å². The minimum atomic E-state index is -0.231. The molecule has 2 rings (SSSR count). The van der Waals surface area contributed by atoms with E-state index >= 15 is 0 Å². The largest absolute Gasteiger partial charge is 0.399 e. The number of rotatable bonds is 3.